The van der Waals surface area contributed by atoms with Gasteiger partial charge in [0, 0.05) is 0 Å². The van der Waals surface area contributed by atoms with Crippen molar-refractivity contribution in [1.82, 2.24) is 5.32 Å². The summed E-state index contributed by atoms with van der Waals surface area (Å²) in [5.74, 6) is 0.840. The van der Waals surface area contributed by atoms with Gasteiger partial charge < -0.3 is 19.9 Å². The number of aryl methyl sites for hydroxylation is 1. The number of ether oxygens (including phenoxy) is 2. The SMILES string of the molecule is CCOc1ccc(CCC(CO)NC(=O)OCc2ccccc2)cc1. The topological polar surface area (TPSA) is 67.8 Å². The van der Waals surface area contributed by atoms with E-state index in [1.165, 1.54) is 0 Å². The number of aliphatic hydroxyl groups is 1. The van der Waals surface area contributed by atoms with Crippen LogP contribution in [0.15, 0.2) is 54.6 Å². The van der Waals surface area contributed by atoms with Gasteiger partial charge >= 0.3 is 6.09 Å². The molecule has 0 saturated heterocycles. The van der Waals surface area contributed by atoms with E-state index in [9.17, 15) is 9.90 Å². The zero-order valence-corrected chi connectivity index (χ0v) is 14.5. The summed E-state index contributed by atoms with van der Waals surface area (Å²) in [5, 5.41) is 12.2. The van der Waals surface area contributed by atoms with Gasteiger partial charge in [0.2, 0.25) is 0 Å². The van der Waals surface area contributed by atoms with Gasteiger partial charge in [0.05, 0.1) is 19.3 Å². The summed E-state index contributed by atoms with van der Waals surface area (Å²) in [4.78, 5) is 11.9. The molecule has 2 aromatic rings. The molecule has 25 heavy (non-hydrogen) atoms. The lowest BCUT2D eigenvalue weighted by Crippen LogP contribution is -2.38. The van der Waals surface area contributed by atoms with Crippen LogP contribution < -0.4 is 10.1 Å². The van der Waals surface area contributed by atoms with E-state index in [1.807, 2.05) is 61.5 Å². The quantitative estimate of drug-likeness (QED) is 0.733. The molecule has 1 unspecified atom stereocenters. The molecule has 134 valence electrons. The van der Waals surface area contributed by atoms with E-state index in [0.29, 0.717) is 13.0 Å². The molecule has 0 aromatic heterocycles. The highest BCUT2D eigenvalue weighted by Crippen LogP contribution is 2.14. The first-order valence-electron chi connectivity index (χ1n) is 8.51. The third-order valence-corrected chi connectivity index (χ3v) is 3.77. The standard InChI is InChI=1S/C20H25NO4/c1-2-24-19-12-9-16(10-13-19)8-11-18(14-22)21-20(23)25-15-17-6-4-3-5-7-17/h3-7,9-10,12-13,18,22H,2,8,11,14-15H2,1H3,(H,21,23). The summed E-state index contributed by atoms with van der Waals surface area (Å²) in [6, 6.07) is 17.0. The molecule has 0 fully saturated rings. The third kappa shape index (κ3) is 6.85. The smallest absolute Gasteiger partial charge is 0.407 e. The van der Waals surface area contributed by atoms with Crippen molar-refractivity contribution in [3.8, 4) is 5.75 Å². The first kappa shape index (κ1) is 18.8. The lowest BCUT2D eigenvalue weighted by atomic mass is 10.1. The monoisotopic (exact) mass is 343 g/mol. The molecule has 1 atom stereocenters. The minimum atomic E-state index is -0.519. The van der Waals surface area contributed by atoms with E-state index in [-0.39, 0.29) is 19.3 Å². The molecule has 2 N–H and O–H groups in total. The van der Waals surface area contributed by atoms with E-state index in [4.69, 9.17) is 9.47 Å². The normalized spacial score (nSPS) is 11.6. The van der Waals surface area contributed by atoms with Crippen molar-refractivity contribution >= 4 is 6.09 Å². The number of hydrogen-bond donors (Lipinski definition) is 2. The van der Waals surface area contributed by atoms with Crippen LogP contribution in [0.4, 0.5) is 4.79 Å². The molecule has 0 heterocycles. The van der Waals surface area contributed by atoms with Gasteiger partial charge in [-0.05, 0) is 43.0 Å². The fourth-order valence-corrected chi connectivity index (χ4v) is 2.40. The number of aliphatic hydroxyl groups excluding tert-OH is 1. The molecule has 0 spiro atoms. The van der Waals surface area contributed by atoms with Crippen LogP contribution in [-0.2, 0) is 17.8 Å². The Kier molecular flexibility index (Phi) is 7.79. The van der Waals surface area contributed by atoms with Crippen molar-refractivity contribution in [2.24, 2.45) is 0 Å². The van der Waals surface area contributed by atoms with Crippen LogP contribution in [-0.4, -0.2) is 30.5 Å². The summed E-state index contributed by atoms with van der Waals surface area (Å²) < 4.78 is 10.6. The molecule has 0 bridgehead atoms. The highest BCUT2D eigenvalue weighted by Gasteiger charge is 2.12. The average Bonchev–Trinajstić information content (AvgIpc) is 2.65. The number of benzene rings is 2. The van der Waals surface area contributed by atoms with Crippen molar-refractivity contribution in [3.63, 3.8) is 0 Å². The maximum absolute atomic E-state index is 11.9. The fraction of sp³-hybridized carbons (Fsp3) is 0.350. The number of carbonyl (C=O) groups excluding carboxylic acids is 1. The molecular formula is C20H25NO4. The Balaban J connectivity index is 1.74. The Morgan fingerprint density at radius 3 is 2.44 bits per heavy atom. The van der Waals surface area contributed by atoms with Gasteiger partial charge in [-0.15, -0.1) is 0 Å². The van der Waals surface area contributed by atoms with E-state index in [1.54, 1.807) is 0 Å². The summed E-state index contributed by atoms with van der Waals surface area (Å²) in [6.07, 6.45) is 0.858. The van der Waals surface area contributed by atoms with Crippen LogP contribution in [0, 0.1) is 0 Å². The third-order valence-electron chi connectivity index (χ3n) is 3.77. The lowest BCUT2D eigenvalue weighted by molar-refractivity contribution is 0.128. The average molecular weight is 343 g/mol. The summed E-state index contributed by atoms with van der Waals surface area (Å²) >= 11 is 0. The number of hydrogen-bond acceptors (Lipinski definition) is 4. The van der Waals surface area contributed by atoms with Gasteiger partial charge in [-0.1, -0.05) is 42.5 Å². The second kappa shape index (κ2) is 10.4. The van der Waals surface area contributed by atoms with Gasteiger partial charge in [0.1, 0.15) is 12.4 Å². The van der Waals surface area contributed by atoms with Gasteiger partial charge in [0.25, 0.3) is 0 Å². The second-order valence-electron chi connectivity index (χ2n) is 5.70. The van der Waals surface area contributed by atoms with Crippen molar-refractivity contribution in [2.45, 2.75) is 32.4 Å². The molecule has 0 aliphatic carbocycles. The highest BCUT2D eigenvalue weighted by atomic mass is 16.5. The Morgan fingerprint density at radius 1 is 1.08 bits per heavy atom. The molecule has 0 saturated carbocycles. The first-order chi connectivity index (χ1) is 12.2. The molecule has 2 aromatic carbocycles. The molecular weight excluding hydrogens is 318 g/mol. The second-order valence-corrected chi connectivity index (χ2v) is 5.70. The first-order valence-corrected chi connectivity index (χ1v) is 8.51. The number of amides is 1. The van der Waals surface area contributed by atoms with Crippen molar-refractivity contribution in [2.75, 3.05) is 13.2 Å². The minimum absolute atomic E-state index is 0.128. The Hall–Kier alpha value is -2.53. The number of nitrogens with one attached hydrogen (secondary N) is 1. The van der Waals surface area contributed by atoms with Gasteiger partial charge in [-0.3, -0.25) is 0 Å². The van der Waals surface area contributed by atoms with Crippen LogP contribution in [0.1, 0.15) is 24.5 Å². The molecule has 0 aliphatic heterocycles. The molecule has 2 rings (SSSR count). The van der Waals surface area contributed by atoms with E-state index in [2.05, 4.69) is 5.32 Å². The molecule has 1 amide bonds. The molecule has 0 aliphatic rings. The number of alkyl carbamates (subject to hydrolysis) is 1. The van der Waals surface area contributed by atoms with E-state index >= 15 is 0 Å². The van der Waals surface area contributed by atoms with Gasteiger partial charge in [-0.25, -0.2) is 4.79 Å². The summed E-state index contributed by atoms with van der Waals surface area (Å²) in [5.41, 5.74) is 2.05. The van der Waals surface area contributed by atoms with Crippen LogP contribution >= 0.6 is 0 Å². The predicted molar refractivity (Wildman–Crippen MR) is 96.6 cm³/mol. The summed E-state index contributed by atoms with van der Waals surface area (Å²) in [6.45, 7) is 2.67. The zero-order chi connectivity index (χ0) is 17.9. The maximum Gasteiger partial charge on any atom is 0.407 e. The Labute approximate surface area is 148 Å². The number of rotatable bonds is 9. The predicted octanol–water partition coefficient (Wildman–Crippen LogP) is 3.31. The largest absolute Gasteiger partial charge is 0.494 e. The van der Waals surface area contributed by atoms with Crippen molar-refractivity contribution in [3.05, 3.63) is 65.7 Å². The van der Waals surface area contributed by atoms with Crippen LogP contribution in [0.2, 0.25) is 0 Å². The Morgan fingerprint density at radius 2 is 1.80 bits per heavy atom. The molecule has 5 nitrogen and oxygen atoms in total. The van der Waals surface area contributed by atoms with Crippen LogP contribution in [0.25, 0.3) is 0 Å². The van der Waals surface area contributed by atoms with Gasteiger partial charge in [0.15, 0.2) is 0 Å². The highest BCUT2D eigenvalue weighted by molar-refractivity contribution is 5.67. The van der Waals surface area contributed by atoms with Crippen molar-refractivity contribution < 1.29 is 19.4 Å². The van der Waals surface area contributed by atoms with Crippen LogP contribution in [0.5, 0.6) is 5.75 Å². The van der Waals surface area contributed by atoms with E-state index < -0.39 is 6.09 Å². The lowest BCUT2D eigenvalue weighted by Gasteiger charge is -2.16. The maximum atomic E-state index is 11.9. The summed E-state index contributed by atoms with van der Waals surface area (Å²) in [7, 11) is 0. The van der Waals surface area contributed by atoms with E-state index in [0.717, 1.165) is 23.3 Å². The minimum Gasteiger partial charge on any atom is -0.494 e. The van der Waals surface area contributed by atoms with Gasteiger partial charge in [-0.2, -0.15) is 0 Å². The fourth-order valence-electron chi connectivity index (χ4n) is 2.40. The zero-order valence-electron chi connectivity index (χ0n) is 14.5. The van der Waals surface area contributed by atoms with Crippen LogP contribution in [0.3, 0.4) is 0 Å². The number of carbonyl (C=O) groups is 1. The van der Waals surface area contributed by atoms with Crippen molar-refractivity contribution in [1.29, 1.82) is 0 Å². The molecule has 0 radical (unpaired) electrons. The Bertz CT molecular complexity index is 628. The molecule has 5 heteroatoms.